The zero-order chi connectivity index (χ0) is 15.9. The molecule has 0 atom stereocenters. The van der Waals surface area contributed by atoms with E-state index < -0.39 is 15.6 Å². The third kappa shape index (κ3) is 4.41. The van der Waals surface area contributed by atoms with Crippen LogP contribution in [0.5, 0.6) is 0 Å². The van der Waals surface area contributed by atoms with Crippen molar-refractivity contribution in [1.29, 1.82) is 0 Å². The predicted molar refractivity (Wildman–Crippen MR) is 86.9 cm³/mol. The standard InChI is InChI=1S/C15H27N3O2S/c1-5-11-16-13-10-9-12-17-14(13)21(19,20)18-15(6-2,7-3)8-4/h9-10,12,16,18H,5-8,11H2,1-4H3. The Labute approximate surface area is 128 Å². The average molecular weight is 313 g/mol. The first-order valence-corrected chi connectivity index (χ1v) is 9.15. The molecule has 0 radical (unpaired) electrons. The number of aromatic nitrogens is 1. The second kappa shape index (κ2) is 7.75. The van der Waals surface area contributed by atoms with Gasteiger partial charge >= 0.3 is 0 Å². The number of rotatable bonds is 9. The third-order valence-electron chi connectivity index (χ3n) is 3.97. The van der Waals surface area contributed by atoms with E-state index in [4.69, 9.17) is 0 Å². The summed E-state index contributed by atoms with van der Waals surface area (Å²) in [5.41, 5.74) is 0.155. The minimum absolute atomic E-state index is 0.0816. The number of nitrogens with zero attached hydrogens (tertiary/aromatic N) is 1. The smallest absolute Gasteiger partial charge is 0.260 e. The second-order valence-electron chi connectivity index (χ2n) is 5.23. The summed E-state index contributed by atoms with van der Waals surface area (Å²) in [4.78, 5) is 4.08. The average Bonchev–Trinajstić information content (AvgIpc) is 2.51. The number of sulfonamides is 1. The third-order valence-corrected chi connectivity index (χ3v) is 5.51. The summed E-state index contributed by atoms with van der Waals surface area (Å²) in [6, 6.07) is 3.49. The van der Waals surface area contributed by atoms with Gasteiger partial charge in [0.15, 0.2) is 5.03 Å². The quantitative estimate of drug-likeness (QED) is 0.734. The molecular weight excluding hydrogens is 286 g/mol. The highest BCUT2D eigenvalue weighted by Gasteiger charge is 2.32. The Bertz CT molecular complexity index is 531. The summed E-state index contributed by atoms with van der Waals surface area (Å²) in [5, 5.41) is 3.21. The van der Waals surface area contributed by atoms with Gasteiger partial charge in [0.05, 0.1) is 5.69 Å². The first kappa shape index (κ1) is 17.9. The highest BCUT2D eigenvalue weighted by atomic mass is 32.2. The molecule has 0 saturated heterocycles. The summed E-state index contributed by atoms with van der Waals surface area (Å²) in [5.74, 6) is 0. The highest BCUT2D eigenvalue weighted by molar-refractivity contribution is 7.89. The zero-order valence-electron chi connectivity index (χ0n) is 13.4. The molecule has 0 spiro atoms. The van der Waals surface area contributed by atoms with Crippen molar-refractivity contribution in [3.8, 4) is 0 Å². The lowest BCUT2D eigenvalue weighted by atomic mass is 9.91. The Balaban J connectivity index is 3.13. The van der Waals surface area contributed by atoms with Crippen LogP contribution >= 0.6 is 0 Å². The molecule has 1 aromatic heterocycles. The Morgan fingerprint density at radius 3 is 2.29 bits per heavy atom. The molecule has 0 aliphatic heterocycles. The Morgan fingerprint density at radius 1 is 1.14 bits per heavy atom. The van der Waals surface area contributed by atoms with Gasteiger partial charge in [-0.25, -0.2) is 18.1 Å². The van der Waals surface area contributed by atoms with Crippen molar-refractivity contribution in [3.05, 3.63) is 18.3 Å². The summed E-state index contributed by atoms with van der Waals surface area (Å²) < 4.78 is 28.2. The van der Waals surface area contributed by atoms with Crippen molar-refractivity contribution < 1.29 is 8.42 Å². The first-order chi connectivity index (χ1) is 9.94. The van der Waals surface area contributed by atoms with Crippen molar-refractivity contribution in [2.24, 2.45) is 0 Å². The van der Waals surface area contributed by atoms with Gasteiger partial charge in [0, 0.05) is 18.3 Å². The van der Waals surface area contributed by atoms with Crippen LogP contribution in [0.2, 0.25) is 0 Å². The maximum atomic E-state index is 12.7. The van der Waals surface area contributed by atoms with Gasteiger partial charge < -0.3 is 5.32 Å². The molecule has 0 fully saturated rings. The molecular formula is C15H27N3O2S. The van der Waals surface area contributed by atoms with Gasteiger partial charge in [0.1, 0.15) is 0 Å². The van der Waals surface area contributed by atoms with E-state index in [1.165, 1.54) is 6.20 Å². The second-order valence-corrected chi connectivity index (χ2v) is 6.83. The number of hydrogen-bond acceptors (Lipinski definition) is 4. The van der Waals surface area contributed by atoms with Crippen LogP contribution in [0.1, 0.15) is 53.4 Å². The fraction of sp³-hybridized carbons (Fsp3) is 0.667. The number of nitrogens with one attached hydrogen (secondary N) is 2. The molecule has 1 rings (SSSR count). The van der Waals surface area contributed by atoms with Gasteiger partial charge in [-0.1, -0.05) is 27.7 Å². The normalized spacial score (nSPS) is 12.4. The van der Waals surface area contributed by atoms with Gasteiger partial charge in [-0.3, -0.25) is 0 Å². The summed E-state index contributed by atoms with van der Waals surface area (Å²) in [6.45, 7) is 8.76. The number of anilines is 1. The van der Waals surface area contributed by atoms with Crippen molar-refractivity contribution in [1.82, 2.24) is 9.71 Å². The molecule has 0 unspecified atom stereocenters. The molecule has 1 aromatic rings. The van der Waals surface area contributed by atoms with Crippen LogP contribution in [0.15, 0.2) is 23.4 Å². The van der Waals surface area contributed by atoms with Gasteiger partial charge in [-0.15, -0.1) is 0 Å². The molecule has 1 heterocycles. The van der Waals surface area contributed by atoms with Gasteiger partial charge in [0.2, 0.25) is 0 Å². The number of pyridine rings is 1. The van der Waals surface area contributed by atoms with E-state index in [-0.39, 0.29) is 5.03 Å². The molecule has 21 heavy (non-hydrogen) atoms. The predicted octanol–water partition coefficient (Wildman–Crippen LogP) is 3.15. The van der Waals surface area contributed by atoms with E-state index in [9.17, 15) is 8.42 Å². The molecule has 0 aliphatic carbocycles. The molecule has 0 aromatic carbocycles. The largest absolute Gasteiger partial charge is 0.383 e. The topological polar surface area (TPSA) is 71.1 Å². The summed E-state index contributed by atoms with van der Waals surface area (Å²) >= 11 is 0. The molecule has 0 bridgehead atoms. The fourth-order valence-corrected chi connectivity index (χ4v) is 4.03. The van der Waals surface area contributed by atoms with E-state index in [0.29, 0.717) is 12.2 Å². The summed E-state index contributed by atoms with van der Waals surface area (Å²) in [6.07, 6.45) is 4.69. The molecule has 120 valence electrons. The SMILES string of the molecule is CCCNc1cccnc1S(=O)(=O)NC(CC)(CC)CC. The van der Waals surface area contributed by atoms with E-state index in [1.807, 2.05) is 27.7 Å². The van der Waals surface area contributed by atoms with Crippen molar-refractivity contribution in [2.75, 3.05) is 11.9 Å². The number of hydrogen-bond donors (Lipinski definition) is 2. The van der Waals surface area contributed by atoms with Crippen molar-refractivity contribution in [3.63, 3.8) is 0 Å². The van der Waals surface area contributed by atoms with Crippen LogP contribution in [0, 0.1) is 0 Å². The molecule has 0 aliphatic rings. The lowest BCUT2D eigenvalue weighted by molar-refractivity contribution is 0.341. The van der Waals surface area contributed by atoms with Crippen LogP contribution in [-0.2, 0) is 10.0 Å². The van der Waals surface area contributed by atoms with E-state index >= 15 is 0 Å². The van der Waals surface area contributed by atoms with E-state index in [1.54, 1.807) is 12.1 Å². The Morgan fingerprint density at radius 2 is 1.76 bits per heavy atom. The first-order valence-electron chi connectivity index (χ1n) is 7.67. The fourth-order valence-electron chi connectivity index (χ4n) is 2.30. The zero-order valence-corrected chi connectivity index (χ0v) is 14.3. The van der Waals surface area contributed by atoms with E-state index in [2.05, 4.69) is 15.0 Å². The van der Waals surface area contributed by atoms with Crippen molar-refractivity contribution >= 4 is 15.7 Å². The van der Waals surface area contributed by atoms with Crippen molar-refractivity contribution in [2.45, 2.75) is 63.9 Å². The lowest BCUT2D eigenvalue weighted by Gasteiger charge is -2.31. The van der Waals surface area contributed by atoms with Crippen LogP contribution in [0.4, 0.5) is 5.69 Å². The molecule has 0 saturated carbocycles. The molecule has 0 amide bonds. The molecule has 5 nitrogen and oxygen atoms in total. The molecule has 2 N–H and O–H groups in total. The van der Waals surface area contributed by atoms with Gasteiger partial charge in [-0.2, -0.15) is 0 Å². The lowest BCUT2D eigenvalue weighted by Crippen LogP contribution is -2.47. The van der Waals surface area contributed by atoms with Gasteiger partial charge in [-0.05, 0) is 37.8 Å². The Kier molecular flexibility index (Phi) is 6.61. The minimum atomic E-state index is -3.64. The highest BCUT2D eigenvalue weighted by Crippen LogP contribution is 2.25. The van der Waals surface area contributed by atoms with Crippen LogP contribution in [0.3, 0.4) is 0 Å². The van der Waals surface area contributed by atoms with Crippen LogP contribution in [-0.4, -0.2) is 25.5 Å². The molecule has 6 heteroatoms. The maximum Gasteiger partial charge on any atom is 0.260 e. The van der Waals surface area contributed by atoms with Gasteiger partial charge in [0.25, 0.3) is 10.0 Å². The monoisotopic (exact) mass is 313 g/mol. The maximum absolute atomic E-state index is 12.7. The minimum Gasteiger partial charge on any atom is -0.383 e. The summed E-state index contributed by atoms with van der Waals surface area (Å²) in [7, 11) is -3.64. The van der Waals surface area contributed by atoms with Crippen LogP contribution < -0.4 is 10.0 Å². The van der Waals surface area contributed by atoms with Crippen LogP contribution in [0.25, 0.3) is 0 Å². The Hall–Kier alpha value is -1.14. The van der Waals surface area contributed by atoms with E-state index in [0.717, 1.165) is 25.7 Å².